The summed E-state index contributed by atoms with van der Waals surface area (Å²) in [5, 5.41) is 29.1. The number of fused-ring (bicyclic) bond motifs is 2. The molecule has 6 heterocycles. The van der Waals surface area contributed by atoms with Crippen LogP contribution in [0, 0.1) is 11.6 Å². The lowest BCUT2D eigenvalue weighted by Gasteiger charge is -2.30. The maximum absolute atomic E-state index is 14.9. The van der Waals surface area contributed by atoms with Crippen molar-refractivity contribution in [3.63, 3.8) is 0 Å². The predicted octanol–water partition coefficient (Wildman–Crippen LogP) is 4.82. The summed E-state index contributed by atoms with van der Waals surface area (Å²) >= 11 is 0. The lowest BCUT2D eigenvalue weighted by atomic mass is 9.91. The average Bonchev–Trinajstić information content (AvgIpc) is 4.45. The highest BCUT2D eigenvalue weighted by Crippen LogP contribution is 2.41. The summed E-state index contributed by atoms with van der Waals surface area (Å²) in [4.78, 5) is 92.6. The van der Waals surface area contributed by atoms with E-state index < -0.39 is 82.3 Å². The van der Waals surface area contributed by atoms with Crippen LogP contribution in [0.5, 0.6) is 11.5 Å². The summed E-state index contributed by atoms with van der Waals surface area (Å²) < 4.78 is 42.7. The summed E-state index contributed by atoms with van der Waals surface area (Å²) in [6, 6.07) is 16.9. The number of amides is 4. The number of H-pyrrole nitrogens is 2. The third-order valence-electron chi connectivity index (χ3n) is 15.7. The first-order chi connectivity index (χ1) is 39.9. The SMILES string of the molecule is CN[C@@H](C)C(=O)N[C@H](C(=O)N1CC(C)(C)c2[nH]c(=O)c(Cc3ccc(F)cc3)cc21)[C@H](C)n1cc(COc2cccc(OCc3cn([C@@H](C)[C@H](NC(=O)[C@H](C)NC)C(=O)N4CC(C)(C)c5[nH]c(=O)c(Cc6ccc(F)cc6)cc54)nn3)c2)nn1. The first-order valence-electron chi connectivity index (χ1n) is 27.7. The molecule has 6 atom stereocenters. The van der Waals surface area contributed by atoms with Crippen molar-refractivity contribution < 1.29 is 37.4 Å². The van der Waals surface area contributed by atoms with Crippen molar-refractivity contribution >= 4 is 35.0 Å². The first-order valence-corrected chi connectivity index (χ1v) is 27.7. The Hall–Kier alpha value is -8.90. The maximum atomic E-state index is 14.9. The molecular weight excluding hydrogens is 1080 g/mol. The molecule has 84 heavy (non-hydrogen) atoms. The van der Waals surface area contributed by atoms with Gasteiger partial charge < -0.3 is 50.5 Å². The second-order valence-corrected chi connectivity index (χ2v) is 22.9. The molecule has 3 aromatic carbocycles. The number of nitrogens with one attached hydrogen (secondary N) is 6. The summed E-state index contributed by atoms with van der Waals surface area (Å²) in [5.41, 5.74) is 3.27. The Bertz CT molecular complexity index is 3460. The minimum Gasteiger partial charge on any atom is -0.487 e. The Kier molecular flexibility index (Phi) is 17.4. The van der Waals surface area contributed by atoms with Crippen LogP contribution >= 0.6 is 0 Å². The Morgan fingerprint density at radius 3 is 1.35 bits per heavy atom. The van der Waals surface area contributed by atoms with E-state index in [1.807, 2.05) is 27.7 Å². The standard InChI is InChI=1S/C60H70F2N14O8/c1-33(63-9)53(77)65-49(57(81)73-31-59(5,6)51-47(73)24-39(55(79)67-51)22-37-14-18-41(61)19-15-37)35(3)75-27-43(69-71-75)29-83-45-12-11-13-46(26-45)84-30-44-28-76(72-70-44)36(4)50(66-54(78)34(2)64-10)58(82)74-32-60(7,8)52-48(74)25-40(56(80)68-52)23-38-16-20-42(62)21-17-38/h11-21,24-28,33-36,49-50,63-64H,22-23,29-32H2,1-10H3,(H,65,77)(H,66,78)(H,67,79)(H,68,80)/t33-,34-,35-,36-,49-,50-/m0/s1. The number of hydrogen-bond donors (Lipinski definition) is 6. The molecule has 4 amide bonds. The van der Waals surface area contributed by atoms with E-state index in [0.717, 1.165) is 0 Å². The Balaban J connectivity index is 0.864. The molecule has 0 aliphatic carbocycles. The Morgan fingerprint density at radius 2 is 0.976 bits per heavy atom. The number of likely N-dealkylation sites (N-methyl/N-ethyl adjacent to an activating group) is 2. The number of pyridine rings is 2. The van der Waals surface area contributed by atoms with Crippen LogP contribution in [0.1, 0.15) is 113 Å². The maximum Gasteiger partial charge on any atom is 0.251 e. The summed E-state index contributed by atoms with van der Waals surface area (Å²) in [7, 11) is 3.28. The van der Waals surface area contributed by atoms with Crippen molar-refractivity contribution in [2.75, 3.05) is 37.0 Å². The van der Waals surface area contributed by atoms with E-state index in [1.165, 1.54) is 33.6 Å². The molecule has 4 aromatic heterocycles. The van der Waals surface area contributed by atoms with Crippen LogP contribution in [0.4, 0.5) is 20.2 Å². The number of benzene rings is 3. The number of anilines is 2. The number of carbonyl (C=O) groups is 4. The zero-order valence-electron chi connectivity index (χ0n) is 48.5. The van der Waals surface area contributed by atoms with Crippen LogP contribution in [0.25, 0.3) is 0 Å². The molecule has 24 heteroatoms. The predicted molar refractivity (Wildman–Crippen MR) is 309 cm³/mol. The van der Waals surface area contributed by atoms with Crippen LogP contribution < -0.4 is 51.7 Å². The third kappa shape index (κ3) is 13.0. The summed E-state index contributed by atoms with van der Waals surface area (Å²) in [6.07, 6.45) is 3.67. The second kappa shape index (κ2) is 24.5. The summed E-state index contributed by atoms with van der Waals surface area (Å²) in [6.45, 7) is 14.9. The van der Waals surface area contributed by atoms with Crippen LogP contribution in [-0.4, -0.2) is 115 Å². The molecule has 0 fully saturated rings. The van der Waals surface area contributed by atoms with Crippen LogP contribution in [0.15, 0.2) is 107 Å². The molecule has 9 rings (SSSR count). The number of carbonyl (C=O) groups excluding carboxylic acids is 4. The van der Waals surface area contributed by atoms with Crippen LogP contribution in [0.2, 0.25) is 0 Å². The van der Waals surface area contributed by atoms with Crippen molar-refractivity contribution in [1.82, 2.24) is 61.2 Å². The van der Waals surface area contributed by atoms with Gasteiger partial charge in [-0.1, -0.05) is 68.5 Å². The number of halogens is 2. The van der Waals surface area contributed by atoms with Crippen molar-refractivity contribution in [3.05, 3.63) is 175 Å². The molecule has 7 aromatic rings. The van der Waals surface area contributed by atoms with E-state index in [4.69, 9.17) is 9.47 Å². The van der Waals surface area contributed by atoms with E-state index in [9.17, 15) is 37.5 Å². The molecule has 2 aliphatic heterocycles. The number of rotatable bonds is 22. The minimum atomic E-state index is -1.14. The van der Waals surface area contributed by atoms with Gasteiger partial charge in [-0.05, 0) is 101 Å². The lowest BCUT2D eigenvalue weighted by molar-refractivity contribution is -0.129. The molecule has 0 bridgehead atoms. The quantitative estimate of drug-likeness (QED) is 0.0532. The largest absolute Gasteiger partial charge is 0.487 e. The van der Waals surface area contributed by atoms with Gasteiger partial charge in [0.15, 0.2) is 0 Å². The van der Waals surface area contributed by atoms with Crippen LogP contribution in [-0.2, 0) is 56.1 Å². The van der Waals surface area contributed by atoms with Crippen molar-refractivity contribution in [1.29, 1.82) is 0 Å². The van der Waals surface area contributed by atoms with Gasteiger partial charge in [0, 0.05) is 65.3 Å². The molecule has 0 spiro atoms. The lowest BCUT2D eigenvalue weighted by Crippen LogP contribution is -2.55. The number of hydrogen-bond acceptors (Lipinski definition) is 14. The van der Waals surface area contributed by atoms with E-state index >= 15 is 0 Å². The molecule has 0 saturated heterocycles. The van der Waals surface area contributed by atoms with Gasteiger partial charge in [0.25, 0.3) is 22.9 Å². The zero-order valence-corrected chi connectivity index (χ0v) is 48.5. The molecule has 0 unspecified atom stereocenters. The highest BCUT2D eigenvalue weighted by Gasteiger charge is 2.45. The van der Waals surface area contributed by atoms with Crippen LogP contribution in [0.3, 0.4) is 0 Å². The van der Waals surface area contributed by atoms with Crippen molar-refractivity contribution in [2.45, 2.75) is 129 Å². The molecular formula is C60H70F2N14O8. The zero-order chi connectivity index (χ0) is 60.4. The molecule has 0 radical (unpaired) electrons. The number of aromatic nitrogens is 8. The van der Waals surface area contributed by atoms with E-state index in [1.54, 1.807) is 125 Å². The van der Waals surface area contributed by atoms with Gasteiger partial charge in [0.05, 0.1) is 47.9 Å². The fourth-order valence-electron chi connectivity index (χ4n) is 10.4. The van der Waals surface area contributed by atoms with Crippen molar-refractivity contribution in [3.8, 4) is 11.5 Å². The fraction of sp³-hybridized carbons (Fsp3) is 0.400. The Morgan fingerprint density at radius 1 is 0.595 bits per heavy atom. The second-order valence-electron chi connectivity index (χ2n) is 22.9. The summed E-state index contributed by atoms with van der Waals surface area (Å²) in [5.74, 6) is -1.62. The van der Waals surface area contributed by atoms with Gasteiger partial charge in [-0.2, -0.15) is 0 Å². The molecule has 442 valence electrons. The van der Waals surface area contributed by atoms with E-state index in [2.05, 4.69) is 51.9 Å². The smallest absolute Gasteiger partial charge is 0.251 e. The minimum absolute atomic E-state index is 0.0266. The van der Waals surface area contributed by atoms with Gasteiger partial charge in [-0.25, -0.2) is 18.1 Å². The highest BCUT2D eigenvalue weighted by molar-refractivity contribution is 6.03. The molecule has 22 nitrogen and oxygen atoms in total. The topological polar surface area (TPSA) is 268 Å². The van der Waals surface area contributed by atoms with Gasteiger partial charge >= 0.3 is 0 Å². The number of nitrogens with zero attached hydrogens (tertiary/aromatic N) is 8. The average molecular weight is 1150 g/mol. The van der Waals surface area contributed by atoms with Gasteiger partial charge in [0.2, 0.25) is 11.8 Å². The molecule has 6 N–H and O–H groups in total. The molecule has 0 saturated carbocycles. The highest BCUT2D eigenvalue weighted by atomic mass is 19.1. The monoisotopic (exact) mass is 1150 g/mol. The van der Waals surface area contributed by atoms with E-state index in [-0.39, 0.29) is 50.3 Å². The van der Waals surface area contributed by atoms with Gasteiger partial charge in [-0.15, -0.1) is 10.2 Å². The third-order valence-corrected chi connectivity index (χ3v) is 15.7. The number of aromatic amines is 2. The van der Waals surface area contributed by atoms with E-state index in [0.29, 0.717) is 67.9 Å². The molecule has 2 aliphatic rings. The normalized spacial score (nSPS) is 16.2. The van der Waals surface area contributed by atoms with Gasteiger partial charge in [-0.3, -0.25) is 28.8 Å². The van der Waals surface area contributed by atoms with Crippen molar-refractivity contribution in [2.24, 2.45) is 0 Å². The number of ether oxygens (including phenoxy) is 2. The van der Waals surface area contributed by atoms with Gasteiger partial charge in [0.1, 0.15) is 59.8 Å². The first kappa shape index (κ1) is 59.7. The fourth-order valence-corrected chi connectivity index (χ4v) is 10.4. The Labute approximate surface area is 483 Å².